The van der Waals surface area contributed by atoms with E-state index in [0.717, 1.165) is 38.3 Å². The van der Waals surface area contributed by atoms with E-state index in [0.29, 0.717) is 12.1 Å². The molecule has 1 aromatic rings. The van der Waals surface area contributed by atoms with E-state index in [9.17, 15) is 5.11 Å². The number of nitrogens with zero attached hydrogens (tertiary/aromatic N) is 2. The molecule has 0 bridgehead atoms. The van der Waals surface area contributed by atoms with Crippen molar-refractivity contribution in [2.45, 2.75) is 52.7 Å². The molecule has 0 radical (unpaired) electrons. The molecule has 0 saturated carbocycles. The first-order valence-electron chi connectivity index (χ1n) is 8.70. The van der Waals surface area contributed by atoms with Gasteiger partial charge < -0.3 is 9.84 Å². The van der Waals surface area contributed by atoms with Gasteiger partial charge in [0.25, 0.3) is 0 Å². The van der Waals surface area contributed by atoms with E-state index in [1.165, 1.54) is 16.7 Å². The molecule has 1 aliphatic heterocycles. The maximum absolute atomic E-state index is 9.43. The zero-order chi connectivity index (χ0) is 17.0. The van der Waals surface area contributed by atoms with Crippen LogP contribution in [0.2, 0.25) is 0 Å². The Morgan fingerprint density at radius 3 is 2.57 bits per heavy atom. The number of hydrogen-bond acceptors (Lipinski definition) is 4. The Morgan fingerprint density at radius 2 is 1.96 bits per heavy atom. The van der Waals surface area contributed by atoms with Gasteiger partial charge in [0, 0.05) is 44.9 Å². The quantitative estimate of drug-likeness (QED) is 0.874. The van der Waals surface area contributed by atoms with Crippen molar-refractivity contribution in [1.29, 1.82) is 0 Å². The third kappa shape index (κ3) is 4.25. The second-order valence-electron chi connectivity index (χ2n) is 6.90. The van der Waals surface area contributed by atoms with Gasteiger partial charge in [-0.3, -0.25) is 9.80 Å². The number of rotatable bonds is 6. The molecule has 0 spiro atoms. The molecule has 4 nitrogen and oxygen atoms in total. The fourth-order valence-corrected chi connectivity index (χ4v) is 3.48. The van der Waals surface area contributed by atoms with Crippen molar-refractivity contribution in [2.75, 3.05) is 33.4 Å². The highest BCUT2D eigenvalue weighted by atomic mass is 16.5. The summed E-state index contributed by atoms with van der Waals surface area (Å²) < 4.78 is 5.42. The number of hydrogen-bond donors (Lipinski definition) is 1. The Balaban J connectivity index is 2.13. The van der Waals surface area contributed by atoms with Crippen LogP contribution >= 0.6 is 0 Å². The molecule has 1 aromatic carbocycles. The summed E-state index contributed by atoms with van der Waals surface area (Å²) in [6.07, 6.45) is 0.845. The number of ether oxygens (including phenoxy) is 1. The molecule has 0 aliphatic carbocycles. The minimum atomic E-state index is 0.258. The van der Waals surface area contributed by atoms with Crippen LogP contribution in [0.25, 0.3) is 0 Å². The van der Waals surface area contributed by atoms with E-state index >= 15 is 0 Å². The smallest absolute Gasteiger partial charge is 0.122 e. The van der Waals surface area contributed by atoms with Crippen LogP contribution in [0.3, 0.4) is 0 Å². The van der Waals surface area contributed by atoms with Gasteiger partial charge in [0.1, 0.15) is 5.75 Å². The molecule has 0 unspecified atom stereocenters. The van der Waals surface area contributed by atoms with Crippen molar-refractivity contribution >= 4 is 0 Å². The molecule has 2 rings (SSSR count). The minimum Gasteiger partial charge on any atom is -0.496 e. The highest BCUT2D eigenvalue weighted by Crippen LogP contribution is 2.26. The van der Waals surface area contributed by atoms with Crippen LogP contribution in [0.1, 0.15) is 37.0 Å². The molecule has 1 fully saturated rings. The third-order valence-electron chi connectivity index (χ3n) is 5.27. The summed E-state index contributed by atoms with van der Waals surface area (Å²) in [6, 6.07) is 5.26. The number of aliphatic hydroxyl groups excluding tert-OH is 1. The zero-order valence-corrected chi connectivity index (χ0v) is 15.3. The molecule has 4 heteroatoms. The first kappa shape index (κ1) is 18.2. The van der Waals surface area contributed by atoms with Crippen LogP contribution in [-0.2, 0) is 6.54 Å². The van der Waals surface area contributed by atoms with Crippen molar-refractivity contribution in [3.63, 3.8) is 0 Å². The predicted octanol–water partition coefficient (Wildman–Crippen LogP) is 2.59. The van der Waals surface area contributed by atoms with Crippen LogP contribution in [-0.4, -0.2) is 60.3 Å². The molecular formula is C19H32N2O2. The van der Waals surface area contributed by atoms with E-state index in [1.54, 1.807) is 7.11 Å². The van der Waals surface area contributed by atoms with Gasteiger partial charge >= 0.3 is 0 Å². The molecule has 1 saturated heterocycles. The molecular weight excluding hydrogens is 288 g/mol. The molecule has 1 atom stereocenters. The number of aliphatic hydroxyl groups is 1. The lowest BCUT2D eigenvalue weighted by molar-refractivity contribution is 0.0387. The minimum absolute atomic E-state index is 0.258. The summed E-state index contributed by atoms with van der Waals surface area (Å²) in [5.74, 6) is 0.961. The van der Waals surface area contributed by atoms with Crippen LogP contribution in [0.4, 0.5) is 0 Å². The SMILES string of the molecule is COc1ccc(CN2CCN(C(C)C)C[C@@H]2CCO)c(C)c1C. The van der Waals surface area contributed by atoms with E-state index in [-0.39, 0.29) is 6.61 Å². The van der Waals surface area contributed by atoms with E-state index in [4.69, 9.17) is 4.74 Å². The summed E-state index contributed by atoms with van der Waals surface area (Å²) in [4.78, 5) is 5.05. The lowest BCUT2D eigenvalue weighted by Crippen LogP contribution is -2.54. The van der Waals surface area contributed by atoms with E-state index in [1.807, 2.05) is 0 Å². The second-order valence-corrected chi connectivity index (χ2v) is 6.90. The maximum Gasteiger partial charge on any atom is 0.122 e. The number of methoxy groups -OCH3 is 1. The maximum atomic E-state index is 9.43. The summed E-state index contributed by atoms with van der Waals surface area (Å²) in [7, 11) is 1.73. The first-order valence-corrected chi connectivity index (χ1v) is 8.70. The third-order valence-corrected chi connectivity index (χ3v) is 5.27. The normalized spacial score (nSPS) is 20.2. The molecule has 1 heterocycles. The van der Waals surface area contributed by atoms with Crippen LogP contribution in [0.5, 0.6) is 5.75 Å². The Hall–Kier alpha value is -1.10. The zero-order valence-electron chi connectivity index (χ0n) is 15.3. The van der Waals surface area contributed by atoms with Crippen molar-refractivity contribution in [1.82, 2.24) is 9.80 Å². The first-order chi connectivity index (χ1) is 11.0. The summed E-state index contributed by atoms with van der Waals surface area (Å²) in [5, 5.41) is 9.43. The monoisotopic (exact) mass is 320 g/mol. The fraction of sp³-hybridized carbons (Fsp3) is 0.684. The molecule has 1 aliphatic rings. The van der Waals surface area contributed by atoms with Gasteiger partial charge in [0.05, 0.1) is 7.11 Å². The topological polar surface area (TPSA) is 35.9 Å². The Morgan fingerprint density at radius 1 is 1.22 bits per heavy atom. The molecule has 23 heavy (non-hydrogen) atoms. The van der Waals surface area contributed by atoms with Gasteiger partial charge in [0.2, 0.25) is 0 Å². The molecule has 0 aromatic heterocycles. The highest BCUT2D eigenvalue weighted by molar-refractivity contribution is 5.43. The van der Waals surface area contributed by atoms with Gasteiger partial charge in [-0.15, -0.1) is 0 Å². The number of benzene rings is 1. The van der Waals surface area contributed by atoms with E-state index in [2.05, 4.69) is 49.6 Å². The van der Waals surface area contributed by atoms with Crippen LogP contribution in [0, 0.1) is 13.8 Å². The average Bonchev–Trinajstić information content (AvgIpc) is 2.53. The summed E-state index contributed by atoms with van der Waals surface area (Å²) in [5.41, 5.74) is 3.91. The number of piperazine rings is 1. The largest absolute Gasteiger partial charge is 0.496 e. The Bertz CT molecular complexity index is 516. The molecule has 0 amide bonds. The highest BCUT2D eigenvalue weighted by Gasteiger charge is 2.28. The van der Waals surface area contributed by atoms with Gasteiger partial charge in [-0.25, -0.2) is 0 Å². The second kappa shape index (κ2) is 8.13. The van der Waals surface area contributed by atoms with Gasteiger partial charge in [-0.2, -0.15) is 0 Å². The van der Waals surface area contributed by atoms with Gasteiger partial charge in [-0.1, -0.05) is 6.07 Å². The summed E-state index contributed by atoms with van der Waals surface area (Å²) >= 11 is 0. The van der Waals surface area contributed by atoms with Gasteiger partial charge in [0.15, 0.2) is 0 Å². The van der Waals surface area contributed by atoms with E-state index < -0.39 is 0 Å². The van der Waals surface area contributed by atoms with Crippen molar-refractivity contribution in [3.05, 3.63) is 28.8 Å². The lowest BCUT2D eigenvalue weighted by Gasteiger charge is -2.43. The molecule has 1 N–H and O–H groups in total. The van der Waals surface area contributed by atoms with Gasteiger partial charge in [-0.05, 0) is 56.9 Å². The van der Waals surface area contributed by atoms with Crippen molar-refractivity contribution < 1.29 is 9.84 Å². The molecule has 130 valence electrons. The predicted molar refractivity (Wildman–Crippen MR) is 95.1 cm³/mol. The average molecular weight is 320 g/mol. The lowest BCUT2D eigenvalue weighted by atomic mass is 10.00. The fourth-order valence-electron chi connectivity index (χ4n) is 3.48. The van der Waals surface area contributed by atoms with Crippen molar-refractivity contribution in [3.8, 4) is 5.75 Å². The Labute approximate surface area is 141 Å². The Kier molecular flexibility index (Phi) is 6.45. The van der Waals surface area contributed by atoms with Crippen LogP contribution < -0.4 is 4.74 Å². The van der Waals surface area contributed by atoms with Crippen molar-refractivity contribution in [2.24, 2.45) is 0 Å². The summed E-state index contributed by atoms with van der Waals surface area (Å²) in [6.45, 7) is 13.2. The van der Waals surface area contributed by atoms with Crippen LogP contribution in [0.15, 0.2) is 12.1 Å². The standard InChI is InChI=1S/C19H32N2O2/c1-14(2)20-9-10-21(18(13-20)8-11-22)12-17-6-7-19(23-5)16(4)15(17)3/h6-7,14,18,22H,8-13H2,1-5H3/t18-/m0/s1.